The van der Waals surface area contributed by atoms with Crippen molar-refractivity contribution < 1.29 is 19.1 Å². The fraction of sp³-hybridized carbons (Fsp3) is 0.714. The van der Waals surface area contributed by atoms with Gasteiger partial charge in [-0.2, -0.15) is 0 Å². The molecular formula is C21H33N3O4. The second kappa shape index (κ2) is 10.7. The first-order chi connectivity index (χ1) is 13.6. The van der Waals surface area contributed by atoms with Crippen molar-refractivity contribution in [3.63, 3.8) is 0 Å². The Morgan fingerprint density at radius 1 is 1.29 bits per heavy atom. The summed E-state index contributed by atoms with van der Waals surface area (Å²) in [4.78, 5) is 26.1. The summed E-state index contributed by atoms with van der Waals surface area (Å²) >= 11 is 0. The summed E-state index contributed by atoms with van der Waals surface area (Å²) in [5.74, 6) is -0.187. The van der Waals surface area contributed by atoms with Gasteiger partial charge in [0, 0.05) is 19.6 Å². The number of carbonyl (C=O) groups excluding carboxylic acids is 2. The lowest BCUT2D eigenvalue weighted by atomic mass is 9.89. The van der Waals surface area contributed by atoms with Gasteiger partial charge >= 0.3 is 5.97 Å². The Balaban J connectivity index is 1.43. The second-order valence-electron chi connectivity index (χ2n) is 7.67. The van der Waals surface area contributed by atoms with Crippen LogP contribution in [-0.4, -0.2) is 74.9 Å². The van der Waals surface area contributed by atoms with Gasteiger partial charge in [0.2, 0.25) is 5.91 Å². The smallest absolute Gasteiger partial charge is 0.307 e. The molecule has 7 heteroatoms. The minimum Gasteiger partial charge on any atom is -0.466 e. The fourth-order valence-electron chi connectivity index (χ4n) is 4.01. The van der Waals surface area contributed by atoms with Crippen LogP contribution in [0.3, 0.4) is 0 Å². The number of hydrogen-bond donors (Lipinski definition) is 2. The lowest BCUT2D eigenvalue weighted by molar-refractivity contribution is -0.143. The molecular weight excluding hydrogens is 358 g/mol. The summed E-state index contributed by atoms with van der Waals surface area (Å²) in [6.45, 7) is 6.81. The molecule has 0 saturated carbocycles. The highest BCUT2D eigenvalue weighted by molar-refractivity contribution is 5.78. The monoisotopic (exact) mass is 391 g/mol. The molecule has 2 heterocycles. The minimum atomic E-state index is -0.139. The molecule has 2 aliphatic heterocycles. The van der Waals surface area contributed by atoms with E-state index < -0.39 is 0 Å². The van der Waals surface area contributed by atoms with Gasteiger partial charge in [0.1, 0.15) is 6.61 Å². The average molecular weight is 392 g/mol. The van der Waals surface area contributed by atoms with Crippen molar-refractivity contribution in [2.75, 3.05) is 45.9 Å². The molecule has 2 fully saturated rings. The standard InChI is InChI=1S/C21H33N3O4/c1-2-27-21(26)8-12-24-11-7-16-3-4-18(13-17(16)14-24)23-20(25)15-28-19-5-9-22-10-6-19/h3,13,18-19,22H,2,4-12,14-15H2,1H3,(H,23,25). The molecule has 0 aromatic rings. The van der Waals surface area contributed by atoms with Crippen LogP contribution < -0.4 is 10.6 Å². The summed E-state index contributed by atoms with van der Waals surface area (Å²) in [5.41, 5.74) is 2.65. The Morgan fingerprint density at radius 2 is 2.11 bits per heavy atom. The highest BCUT2D eigenvalue weighted by atomic mass is 16.5. The second-order valence-corrected chi connectivity index (χ2v) is 7.67. The van der Waals surface area contributed by atoms with Crippen LogP contribution in [0.25, 0.3) is 0 Å². The topological polar surface area (TPSA) is 79.9 Å². The number of rotatable bonds is 8. The molecule has 7 nitrogen and oxygen atoms in total. The van der Waals surface area contributed by atoms with Gasteiger partial charge in [-0.3, -0.25) is 14.5 Å². The summed E-state index contributed by atoms with van der Waals surface area (Å²) in [7, 11) is 0. The van der Waals surface area contributed by atoms with Crippen molar-refractivity contribution in [2.24, 2.45) is 0 Å². The number of likely N-dealkylation sites (tertiary alicyclic amines) is 1. The molecule has 0 aromatic heterocycles. The molecule has 2 saturated heterocycles. The van der Waals surface area contributed by atoms with Crippen LogP contribution in [-0.2, 0) is 19.1 Å². The Kier molecular flexibility index (Phi) is 8.06. The molecule has 28 heavy (non-hydrogen) atoms. The third kappa shape index (κ3) is 6.43. The normalized spacial score (nSPS) is 23.4. The Bertz CT molecular complexity index is 611. The highest BCUT2D eigenvalue weighted by Crippen LogP contribution is 2.27. The predicted octanol–water partition coefficient (Wildman–Crippen LogP) is 1.16. The number of esters is 1. The van der Waals surface area contributed by atoms with Gasteiger partial charge in [0.15, 0.2) is 0 Å². The van der Waals surface area contributed by atoms with Crippen LogP contribution in [0.1, 0.15) is 39.0 Å². The largest absolute Gasteiger partial charge is 0.466 e. The zero-order chi connectivity index (χ0) is 19.8. The molecule has 0 bridgehead atoms. The van der Waals surface area contributed by atoms with E-state index in [2.05, 4.69) is 27.7 Å². The van der Waals surface area contributed by atoms with Gasteiger partial charge in [0.25, 0.3) is 0 Å². The van der Waals surface area contributed by atoms with Crippen LogP contribution in [0.4, 0.5) is 0 Å². The van der Waals surface area contributed by atoms with Crippen molar-refractivity contribution in [3.8, 4) is 0 Å². The summed E-state index contributed by atoms with van der Waals surface area (Å²) < 4.78 is 10.8. The van der Waals surface area contributed by atoms with Crippen molar-refractivity contribution in [3.05, 3.63) is 23.3 Å². The van der Waals surface area contributed by atoms with E-state index in [0.29, 0.717) is 19.6 Å². The SMILES string of the molecule is CCOC(=O)CCN1CCC2=CCC(NC(=O)COC3CCNCC3)C=C2C1. The number of nitrogens with one attached hydrogen (secondary N) is 2. The molecule has 1 amide bonds. The Morgan fingerprint density at radius 3 is 2.89 bits per heavy atom. The van der Waals surface area contributed by atoms with E-state index in [1.807, 2.05) is 6.92 Å². The number of ether oxygens (including phenoxy) is 2. The van der Waals surface area contributed by atoms with Crippen LogP contribution in [0.5, 0.6) is 0 Å². The molecule has 156 valence electrons. The van der Waals surface area contributed by atoms with E-state index >= 15 is 0 Å². The van der Waals surface area contributed by atoms with Crippen molar-refractivity contribution in [1.29, 1.82) is 0 Å². The molecule has 3 aliphatic rings. The molecule has 1 atom stereocenters. The van der Waals surface area contributed by atoms with Gasteiger partial charge in [0.05, 0.1) is 25.2 Å². The van der Waals surface area contributed by atoms with Crippen LogP contribution in [0.15, 0.2) is 23.3 Å². The Labute approximate surface area is 167 Å². The first-order valence-corrected chi connectivity index (χ1v) is 10.5. The lowest BCUT2D eigenvalue weighted by Crippen LogP contribution is -2.41. The van der Waals surface area contributed by atoms with Gasteiger partial charge in [-0.25, -0.2) is 0 Å². The Hall–Kier alpha value is -1.70. The number of carbonyl (C=O) groups is 2. The van der Waals surface area contributed by atoms with Crippen LogP contribution in [0.2, 0.25) is 0 Å². The van der Waals surface area contributed by atoms with Gasteiger partial charge < -0.3 is 20.1 Å². The van der Waals surface area contributed by atoms with E-state index in [0.717, 1.165) is 51.9 Å². The fourth-order valence-corrected chi connectivity index (χ4v) is 4.01. The first kappa shape index (κ1) is 21.0. The van der Waals surface area contributed by atoms with Gasteiger partial charge in [-0.05, 0) is 56.8 Å². The maximum Gasteiger partial charge on any atom is 0.307 e. The van der Waals surface area contributed by atoms with E-state index in [-0.39, 0.29) is 30.6 Å². The molecule has 1 unspecified atom stereocenters. The number of amides is 1. The van der Waals surface area contributed by atoms with E-state index in [4.69, 9.17) is 9.47 Å². The van der Waals surface area contributed by atoms with E-state index in [9.17, 15) is 9.59 Å². The zero-order valence-corrected chi connectivity index (χ0v) is 16.9. The van der Waals surface area contributed by atoms with Crippen molar-refractivity contribution in [2.45, 2.75) is 51.2 Å². The zero-order valence-electron chi connectivity index (χ0n) is 16.9. The molecule has 0 radical (unpaired) electrons. The van der Waals surface area contributed by atoms with Crippen LogP contribution in [0, 0.1) is 0 Å². The molecule has 0 spiro atoms. The van der Waals surface area contributed by atoms with Gasteiger partial charge in [-0.1, -0.05) is 12.2 Å². The minimum absolute atomic E-state index is 0.0212. The third-order valence-corrected chi connectivity index (χ3v) is 5.54. The predicted molar refractivity (Wildman–Crippen MR) is 107 cm³/mol. The molecule has 3 rings (SSSR count). The quantitative estimate of drug-likeness (QED) is 0.605. The molecule has 0 aromatic carbocycles. The summed E-state index contributed by atoms with van der Waals surface area (Å²) in [6.07, 6.45) is 8.80. The maximum absolute atomic E-state index is 12.3. The summed E-state index contributed by atoms with van der Waals surface area (Å²) in [5, 5.41) is 6.38. The van der Waals surface area contributed by atoms with Crippen LogP contribution >= 0.6 is 0 Å². The van der Waals surface area contributed by atoms with Gasteiger partial charge in [-0.15, -0.1) is 0 Å². The highest BCUT2D eigenvalue weighted by Gasteiger charge is 2.24. The molecule has 2 N–H and O–H groups in total. The van der Waals surface area contributed by atoms with Crippen molar-refractivity contribution in [1.82, 2.24) is 15.5 Å². The number of nitrogens with zero attached hydrogens (tertiary/aromatic N) is 1. The lowest BCUT2D eigenvalue weighted by Gasteiger charge is -2.33. The van der Waals surface area contributed by atoms with E-state index in [1.54, 1.807) is 0 Å². The summed E-state index contributed by atoms with van der Waals surface area (Å²) in [6, 6.07) is 0.0212. The first-order valence-electron chi connectivity index (χ1n) is 10.5. The number of piperidine rings is 2. The third-order valence-electron chi connectivity index (χ3n) is 5.54. The molecule has 1 aliphatic carbocycles. The maximum atomic E-state index is 12.3. The van der Waals surface area contributed by atoms with Crippen molar-refractivity contribution >= 4 is 11.9 Å². The number of hydrogen-bond acceptors (Lipinski definition) is 6. The average Bonchev–Trinajstić information content (AvgIpc) is 2.71. The number of fused-ring (bicyclic) bond motifs is 1. The van der Waals surface area contributed by atoms with E-state index in [1.165, 1.54) is 11.1 Å².